The van der Waals surface area contributed by atoms with E-state index in [1.807, 2.05) is 32.9 Å². The van der Waals surface area contributed by atoms with Gasteiger partial charge in [-0.2, -0.15) is 23.5 Å². The van der Waals surface area contributed by atoms with E-state index < -0.39 is 50.9 Å². The molecule has 13 heteroatoms. The van der Waals surface area contributed by atoms with Crippen LogP contribution in [0, 0.1) is 23.1 Å². The van der Waals surface area contributed by atoms with Crippen LogP contribution in [0.2, 0.25) is 0 Å². The van der Waals surface area contributed by atoms with Gasteiger partial charge in [0.2, 0.25) is 0 Å². The first-order chi connectivity index (χ1) is 21.7. The Hall–Kier alpha value is -4.25. The standard InChI is InChI=1S/C33H32F4N6O2S/c1-31(2,3)46(45)42-32(14-13-21-9-10-21,24-7-5-15-39-20-24)23-11-12-26(34)27(17-23)40-30(44)28-18-29(33(35,36)37)41-43(28)25-8-4-6-22(16-25)19-38/h4-8,11-12,15-18,20-21,42H,9-10,13-14H2,1-3H3,(H,40,44). The van der Waals surface area contributed by atoms with Gasteiger partial charge in [-0.25, -0.2) is 9.07 Å². The lowest BCUT2D eigenvalue weighted by Gasteiger charge is -2.38. The fourth-order valence-corrected chi connectivity index (χ4v) is 6.00. The predicted octanol–water partition coefficient (Wildman–Crippen LogP) is 7.03. The highest BCUT2D eigenvalue weighted by Crippen LogP contribution is 2.43. The Morgan fingerprint density at radius 3 is 2.48 bits per heavy atom. The minimum atomic E-state index is -4.88. The van der Waals surface area contributed by atoms with Crippen molar-refractivity contribution < 1.29 is 26.9 Å². The topological polar surface area (TPSA) is 119 Å². The molecule has 4 aromatic rings. The molecule has 2 aromatic carbocycles. The van der Waals surface area contributed by atoms with Gasteiger partial charge in [0.25, 0.3) is 5.91 Å². The lowest BCUT2D eigenvalue weighted by molar-refractivity contribution is -0.141. The number of anilines is 1. The summed E-state index contributed by atoms with van der Waals surface area (Å²) < 4.78 is 73.5. The highest BCUT2D eigenvalue weighted by atomic mass is 32.2. The number of nitrogens with zero attached hydrogens (tertiary/aromatic N) is 4. The molecule has 2 N–H and O–H groups in total. The number of nitrogens with one attached hydrogen (secondary N) is 2. The maximum absolute atomic E-state index is 15.4. The molecule has 0 spiro atoms. The second kappa shape index (κ2) is 12.9. The fourth-order valence-electron chi connectivity index (χ4n) is 5.04. The van der Waals surface area contributed by atoms with Crippen molar-refractivity contribution in [2.45, 2.75) is 62.9 Å². The van der Waals surface area contributed by atoms with Crippen LogP contribution in [0.15, 0.2) is 73.1 Å². The highest BCUT2D eigenvalue weighted by Gasteiger charge is 2.44. The molecule has 240 valence electrons. The number of alkyl halides is 3. The van der Waals surface area contributed by atoms with Gasteiger partial charge in [-0.3, -0.25) is 9.78 Å². The number of benzene rings is 2. The molecule has 46 heavy (non-hydrogen) atoms. The zero-order valence-corrected chi connectivity index (χ0v) is 26.2. The van der Waals surface area contributed by atoms with Crippen LogP contribution in [0.1, 0.15) is 79.3 Å². The molecule has 0 saturated heterocycles. The molecule has 5 rings (SSSR count). The van der Waals surface area contributed by atoms with E-state index >= 15 is 4.39 Å². The Kier molecular flexibility index (Phi) is 9.26. The number of pyridine rings is 1. The lowest BCUT2D eigenvalue weighted by atomic mass is 9.80. The van der Waals surface area contributed by atoms with Crippen LogP contribution < -0.4 is 10.0 Å². The number of hydrogen-bond acceptors (Lipinski definition) is 6. The van der Waals surface area contributed by atoms with Gasteiger partial charge >= 0.3 is 6.18 Å². The van der Waals surface area contributed by atoms with E-state index in [4.69, 9.17) is 0 Å². The fraction of sp³-hybridized carbons (Fsp3) is 0.333. The van der Waals surface area contributed by atoms with Crippen LogP contribution in [0.3, 0.4) is 0 Å². The van der Waals surface area contributed by atoms with Crippen molar-refractivity contribution in [1.29, 1.82) is 5.26 Å². The van der Waals surface area contributed by atoms with Gasteiger partial charge in [-0.15, -0.1) is 4.72 Å². The largest absolute Gasteiger partial charge is 0.598 e. The predicted molar refractivity (Wildman–Crippen MR) is 166 cm³/mol. The summed E-state index contributed by atoms with van der Waals surface area (Å²) in [4.78, 5) is 17.9. The average molecular weight is 653 g/mol. The van der Waals surface area contributed by atoms with E-state index in [1.54, 1.807) is 18.5 Å². The first kappa shape index (κ1) is 33.1. The van der Waals surface area contributed by atoms with Crippen LogP contribution in [0.4, 0.5) is 23.2 Å². The van der Waals surface area contributed by atoms with Gasteiger partial charge in [0.05, 0.1) is 23.0 Å². The van der Waals surface area contributed by atoms with Crippen LogP contribution in [0.25, 0.3) is 5.69 Å². The molecule has 2 heterocycles. The van der Waals surface area contributed by atoms with Crippen molar-refractivity contribution in [2.75, 3.05) is 5.32 Å². The van der Waals surface area contributed by atoms with Gasteiger partial charge in [0.1, 0.15) is 21.8 Å². The molecule has 2 unspecified atom stereocenters. The summed E-state index contributed by atoms with van der Waals surface area (Å²) in [6, 6.07) is 15.7. The van der Waals surface area contributed by atoms with Gasteiger partial charge in [-0.1, -0.05) is 31.0 Å². The molecule has 0 radical (unpaired) electrons. The van der Waals surface area contributed by atoms with E-state index in [1.165, 1.54) is 36.4 Å². The quantitative estimate of drug-likeness (QED) is 0.140. The van der Waals surface area contributed by atoms with Crippen LogP contribution >= 0.6 is 0 Å². The van der Waals surface area contributed by atoms with Gasteiger partial charge in [0, 0.05) is 29.8 Å². The zero-order chi connectivity index (χ0) is 33.3. The molecular formula is C33H32F4N6O2S. The lowest BCUT2D eigenvalue weighted by Crippen LogP contribution is -2.52. The summed E-state index contributed by atoms with van der Waals surface area (Å²) >= 11 is -1.59. The summed E-state index contributed by atoms with van der Waals surface area (Å²) in [5, 5.41) is 15.3. The SMILES string of the molecule is CC(C)(C)[S+]([O-])NC(CCC1CC1)(c1cccnc1)c1ccc(F)c(NC(=O)c2cc(C(F)(F)F)nn2-c2cccc(C#N)c2)c1. The minimum absolute atomic E-state index is 0.0402. The second-order valence-electron chi connectivity index (χ2n) is 12.2. The van der Waals surface area contributed by atoms with Crippen molar-refractivity contribution in [2.24, 2.45) is 5.92 Å². The number of carbonyl (C=O) groups excluding carboxylic acids is 1. The number of aromatic nitrogens is 3. The molecule has 1 fully saturated rings. The van der Waals surface area contributed by atoms with Gasteiger partial charge in [-0.05, 0) is 87.1 Å². The number of nitriles is 1. The van der Waals surface area contributed by atoms with Crippen molar-refractivity contribution in [3.8, 4) is 11.8 Å². The summed E-state index contributed by atoms with van der Waals surface area (Å²) in [6.45, 7) is 5.48. The Morgan fingerprint density at radius 1 is 1.09 bits per heavy atom. The number of rotatable bonds is 10. The number of halogens is 4. The van der Waals surface area contributed by atoms with Crippen molar-refractivity contribution in [3.05, 3.63) is 107 Å². The van der Waals surface area contributed by atoms with E-state index in [0.29, 0.717) is 29.5 Å². The zero-order valence-electron chi connectivity index (χ0n) is 25.4. The number of carbonyl (C=O) groups is 1. The maximum Gasteiger partial charge on any atom is 0.435 e. The summed E-state index contributed by atoms with van der Waals surface area (Å²) in [5.41, 5.74) is -1.90. The maximum atomic E-state index is 15.4. The molecule has 2 aromatic heterocycles. The monoisotopic (exact) mass is 652 g/mol. The Balaban J connectivity index is 1.59. The normalized spacial score (nSPS) is 15.5. The minimum Gasteiger partial charge on any atom is -0.598 e. The van der Waals surface area contributed by atoms with Crippen molar-refractivity contribution >= 4 is 23.0 Å². The summed E-state index contributed by atoms with van der Waals surface area (Å²) in [5.74, 6) is -1.40. The molecule has 2 atom stereocenters. The van der Waals surface area contributed by atoms with E-state index in [-0.39, 0.29) is 16.9 Å². The van der Waals surface area contributed by atoms with Gasteiger partial charge < -0.3 is 9.87 Å². The molecule has 0 bridgehead atoms. The third-order valence-corrected chi connectivity index (χ3v) is 9.41. The Labute approximate surface area is 267 Å². The molecule has 1 aliphatic carbocycles. The smallest absolute Gasteiger partial charge is 0.435 e. The first-order valence-corrected chi connectivity index (χ1v) is 15.8. The molecule has 1 aliphatic rings. The molecular weight excluding hydrogens is 620 g/mol. The van der Waals surface area contributed by atoms with E-state index in [2.05, 4.69) is 20.1 Å². The second-order valence-corrected chi connectivity index (χ2v) is 14.2. The van der Waals surface area contributed by atoms with E-state index in [9.17, 15) is 27.8 Å². The molecule has 8 nitrogen and oxygen atoms in total. The molecule has 1 saturated carbocycles. The summed E-state index contributed by atoms with van der Waals surface area (Å²) in [6.07, 6.45) is 1.79. The van der Waals surface area contributed by atoms with Gasteiger partial charge in [0.15, 0.2) is 5.69 Å². The molecule has 1 amide bonds. The number of amides is 1. The van der Waals surface area contributed by atoms with Crippen molar-refractivity contribution in [3.63, 3.8) is 0 Å². The Bertz CT molecular complexity index is 1760. The summed E-state index contributed by atoms with van der Waals surface area (Å²) in [7, 11) is 0. The first-order valence-electron chi connectivity index (χ1n) is 14.6. The van der Waals surface area contributed by atoms with Crippen LogP contribution in [0.5, 0.6) is 0 Å². The number of hydrogen-bond donors (Lipinski definition) is 2. The van der Waals surface area contributed by atoms with Crippen LogP contribution in [-0.2, 0) is 23.1 Å². The highest BCUT2D eigenvalue weighted by molar-refractivity contribution is 7.90. The third kappa shape index (κ3) is 7.25. The van der Waals surface area contributed by atoms with Crippen molar-refractivity contribution in [1.82, 2.24) is 19.5 Å². The molecule has 0 aliphatic heterocycles. The third-order valence-electron chi connectivity index (χ3n) is 7.76. The van der Waals surface area contributed by atoms with Crippen LogP contribution in [-0.4, -0.2) is 30.0 Å². The van der Waals surface area contributed by atoms with E-state index in [0.717, 1.165) is 30.0 Å². The Morgan fingerprint density at radius 2 is 1.85 bits per heavy atom. The average Bonchev–Trinajstić information content (AvgIpc) is 3.73.